The van der Waals surface area contributed by atoms with E-state index in [4.69, 9.17) is 0 Å². The normalized spacial score (nSPS) is 11.5. The van der Waals surface area contributed by atoms with E-state index in [1.54, 1.807) is 6.20 Å². The first-order valence-electron chi connectivity index (χ1n) is 7.24. The number of nitrogens with one attached hydrogen (secondary N) is 2. The first-order chi connectivity index (χ1) is 9.90. The Hall–Kier alpha value is -2.11. The Kier molecular flexibility index (Phi) is 4.45. The number of anilines is 2. The molecule has 2 aromatic rings. The summed E-state index contributed by atoms with van der Waals surface area (Å²) in [5.41, 5.74) is 1.02. The highest BCUT2D eigenvalue weighted by Crippen LogP contribution is 2.22. The van der Waals surface area contributed by atoms with Gasteiger partial charge in [-0.25, -0.2) is 9.97 Å². The molecule has 0 spiro atoms. The third-order valence-corrected chi connectivity index (χ3v) is 3.13. The van der Waals surface area contributed by atoms with Crippen molar-refractivity contribution in [1.29, 1.82) is 0 Å². The quantitative estimate of drug-likeness (QED) is 0.885. The van der Waals surface area contributed by atoms with Crippen LogP contribution in [0.15, 0.2) is 18.3 Å². The Morgan fingerprint density at radius 1 is 1.14 bits per heavy atom. The molecule has 2 heterocycles. The maximum atomic E-state index is 4.62. The van der Waals surface area contributed by atoms with E-state index in [0.717, 1.165) is 29.7 Å². The summed E-state index contributed by atoms with van der Waals surface area (Å²) in [5, 5.41) is 10.8. The molecule has 2 aromatic heterocycles. The van der Waals surface area contributed by atoms with Gasteiger partial charge in [0, 0.05) is 31.3 Å². The van der Waals surface area contributed by atoms with Crippen molar-refractivity contribution in [3.8, 4) is 0 Å². The van der Waals surface area contributed by atoms with Crippen LogP contribution in [0.25, 0.3) is 0 Å². The number of aryl methyl sites for hydroxylation is 1. The Morgan fingerprint density at radius 3 is 2.33 bits per heavy atom. The van der Waals surface area contributed by atoms with E-state index in [1.807, 2.05) is 23.9 Å². The second-order valence-electron chi connectivity index (χ2n) is 6.04. The lowest BCUT2D eigenvalue weighted by Crippen LogP contribution is -2.19. The predicted octanol–water partition coefficient (Wildman–Crippen LogP) is 2.55. The molecule has 0 aliphatic heterocycles. The number of aromatic nitrogens is 4. The van der Waals surface area contributed by atoms with Crippen LogP contribution in [-0.2, 0) is 19.0 Å². The first-order valence-corrected chi connectivity index (χ1v) is 7.24. The van der Waals surface area contributed by atoms with Crippen molar-refractivity contribution in [2.75, 3.05) is 17.2 Å². The van der Waals surface area contributed by atoms with Gasteiger partial charge in [0.05, 0.1) is 12.2 Å². The van der Waals surface area contributed by atoms with Crippen LogP contribution >= 0.6 is 0 Å². The van der Waals surface area contributed by atoms with Gasteiger partial charge in [-0.1, -0.05) is 20.8 Å². The van der Waals surface area contributed by atoms with Gasteiger partial charge in [0.25, 0.3) is 0 Å². The topological polar surface area (TPSA) is 67.7 Å². The van der Waals surface area contributed by atoms with E-state index in [2.05, 4.69) is 53.4 Å². The van der Waals surface area contributed by atoms with Gasteiger partial charge in [0.1, 0.15) is 17.5 Å². The van der Waals surface area contributed by atoms with Crippen molar-refractivity contribution >= 4 is 11.6 Å². The number of hydrogen-bond acceptors (Lipinski definition) is 5. The van der Waals surface area contributed by atoms with Crippen LogP contribution in [0.2, 0.25) is 0 Å². The Labute approximate surface area is 126 Å². The van der Waals surface area contributed by atoms with Gasteiger partial charge in [0.15, 0.2) is 0 Å². The smallest absolute Gasteiger partial charge is 0.138 e. The molecule has 0 aromatic carbocycles. The Morgan fingerprint density at radius 2 is 1.81 bits per heavy atom. The lowest BCUT2D eigenvalue weighted by molar-refractivity contribution is 0.546. The SMILES string of the molecule is CCNc1cc(NCc2ccnn2C)nc(C(C)(C)C)n1. The zero-order valence-corrected chi connectivity index (χ0v) is 13.4. The van der Waals surface area contributed by atoms with E-state index in [9.17, 15) is 0 Å². The molecule has 0 radical (unpaired) electrons. The minimum Gasteiger partial charge on any atom is -0.370 e. The van der Waals surface area contributed by atoms with Crippen molar-refractivity contribution in [3.63, 3.8) is 0 Å². The summed E-state index contributed by atoms with van der Waals surface area (Å²) in [7, 11) is 1.93. The summed E-state index contributed by atoms with van der Waals surface area (Å²) in [4.78, 5) is 9.20. The van der Waals surface area contributed by atoms with Crippen LogP contribution in [0.1, 0.15) is 39.2 Å². The average Bonchev–Trinajstić information content (AvgIpc) is 2.81. The standard InChI is InChI=1S/C15H24N6/c1-6-16-12-9-13(20-14(19-12)15(2,3)4)17-10-11-7-8-18-21(11)5/h7-9H,6,10H2,1-5H3,(H2,16,17,19,20). The fraction of sp³-hybridized carbons (Fsp3) is 0.533. The highest BCUT2D eigenvalue weighted by atomic mass is 15.3. The molecule has 114 valence electrons. The summed E-state index contributed by atoms with van der Waals surface area (Å²) in [6.45, 7) is 9.92. The van der Waals surface area contributed by atoms with Gasteiger partial charge in [-0.2, -0.15) is 5.10 Å². The van der Waals surface area contributed by atoms with E-state index in [0.29, 0.717) is 6.54 Å². The minimum absolute atomic E-state index is 0.0889. The second kappa shape index (κ2) is 6.11. The molecule has 0 bridgehead atoms. The molecular formula is C15H24N6. The summed E-state index contributed by atoms with van der Waals surface area (Å²) < 4.78 is 1.85. The molecule has 6 heteroatoms. The second-order valence-corrected chi connectivity index (χ2v) is 6.04. The summed E-state index contributed by atoms with van der Waals surface area (Å²) in [6, 6.07) is 3.93. The van der Waals surface area contributed by atoms with Crippen molar-refractivity contribution < 1.29 is 0 Å². The molecule has 2 N–H and O–H groups in total. The van der Waals surface area contributed by atoms with Crippen molar-refractivity contribution in [3.05, 3.63) is 29.8 Å². The zero-order valence-electron chi connectivity index (χ0n) is 13.4. The lowest BCUT2D eigenvalue weighted by Gasteiger charge is -2.19. The van der Waals surface area contributed by atoms with Gasteiger partial charge in [-0.3, -0.25) is 4.68 Å². The van der Waals surface area contributed by atoms with Crippen LogP contribution in [-0.4, -0.2) is 26.3 Å². The molecule has 0 atom stereocenters. The summed E-state index contributed by atoms with van der Waals surface area (Å²) >= 11 is 0. The van der Waals surface area contributed by atoms with Gasteiger partial charge in [-0.05, 0) is 13.0 Å². The average molecular weight is 288 g/mol. The fourth-order valence-electron chi connectivity index (χ4n) is 1.90. The maximum absolute atomic E-state index is 4.62. The molecule has 6 nitrogen and oxygen atoms in total. The molecule has 2 rings (SSSR count). The Bertz CT molecular complexity index is 596. The monoisotopic (exact) mass is 288 g/mol. The van der Waals surface area contributed by atoms with Crippen LogP contribution < -0.4 is 10.6 Å². The van der Waals surface area contributed by atoms with Crippen LogP contribution in [0.4, 0.5) is 11.6 Å². The largest absolute Gasteiger partial charge is 0.370 e. The number of rotatable bonds is 5. The summed E-state index contributed by atoms with van der Waals surface area (Å²) in [5.74, 6) is 2.51. The maximum Gasteiger partial charge on any atom is 0.138 e. The summed E-state index contributed by atoms with van der Waals surface area (Å²) in [6.07, 6.45) is 1.79. The highest BCUT2D eigenvalue weighted by Gasteiger charge is 2.19. The van der Waals surface area contributed by atoms with Gasteiger partial charge < -0.3 is 10.6 Å². The molecule has 0 saturated carbocycles. The van der Waals surface area contributed by atoms with Crippen molar-refractivity contribution in [2.24, 2.45) is 7.05 Å². The Balaban J connectivity index is 2.21. The molecule has 0 aliphatic rings. The lowest BCUT2D eigenvalue weighted by atomic mass is 9.96. The van der Waals surface area contributed by atoms with E-state index in [-0.39, 0.29) is 5.41 Å². The van der Waals surface area contributed by atoms with Crippen LogP contribution in [0.5, 0.6) is 0 Å². The molecule has 0 aliphatic carbocycles. The highest BCUT2D eigenvalue weighted by molar-refractivity contribution is 5.48. The molecule has 0 unspecified atom stereocenters. The third-order valence-electron chi connectivity index (χ3n) is 3.13. The van der Waals surface area contributed by atoms with Gasteiger partial charge in [0.2, 0.25) is 0 Å². The van der Waals surface area contributed by atoms with Crippen LogP contribution in [0, 0.1) is 0 Å². The van der Waals surface area contributed by atoms with Gasteiger partial charge in [-0.15, -0.1) is 0 Å². The molecule has 0 fully saturated rings. The number of nitrogens with zero attached hydrogens (tertiary/aromatic N) is 4. The predicted molar refractivity (Wildman–Crippen MR) is 85.4 cm³/mol. The van der Waals surface area contributed by atoms with Gasteiger partial charge >= 0.3 is 0 Å². The molecule has 21 heavy (non-hydrogen) atoms. The van der Waals surface area contributed by atoms with E-state index in [1.165, 1.54) is 0 Å². The molecular weight excluding hydrogens is 264 g/mol. The minimum atomic E-state index is -0.0889. The van der Waals surface area contributed by atoms with Crippen molar-refractivity contribution in [1.82, 2.24) is 19.7 Å². The first kappa shape index (κ1) is 15.3. The fourth-order valence-corrected chi connectivity index (χ4v) is 1.90. The van der Waals surface area contributed by atoms with Crippen molar-refractivity contribution in [2.45, 2.75) is 39.7 Å². The zero-order chi connectivity index (χ0) is 15.5. The van der Waals surface area contributed by atoms with Crippen LogP contribution in [0.3, 0.4) is 0 Å². The van der Waals surface area contributed by atoms with E-state index >= 15 is 0 Å². The van der Waals surface area contributed by atoms with E-state index < -0.39 is 0 Å². The number of hydrogen-bond donors (Lipinski definition) is 2. The molecule has 0 saturated heterocycles. The third kappa shape index (κ3) is 3.93. The molecule has 0 amide bonds.